The van der Waals surface area contributed by atoms with E-state index in [1.807, 2.05) is 24.3 Å². The molecule has 102 valence electrons. The molecule has 20 heavy (non-hydrogen) atoms. The van der Waals surface area contributed by atoms with Crippen molar-refractivity contribution in [3.8, 4) is 5.75 Å². The number of carbonyl (C=O) groups excluding carboxylic acids is 1. The summed E-state index contributed by atoms with van der Waals surface area (Å²) >= 11 is 0. The molecule has 1 aliphatic heterocycles. The van der Waals surface area contributed by atoms with Crippen molar-refractivity contribution in [3.63, 3.8) is 0 Å². The maximum atomic E-state index is 13.1. The molecule has 4 heteroatoms. The van der Waals surface area contributed by atoms with E-state index < -0.39 is 5.82 Å². The number of carbonyl (C=O) groups is 1. The molecular formula is C16H14FNO2. The zero-order chi connectivity index (χ0) is 13.9. The summed E-state index contributed by atoms with van der Waals surface area (Å²) in [5, 5.41) is 2.93. The Bertz CT molecular complexity index is 642. The third-order valence-electron chi connectivity index (χ3n) is 3.35. The highest BCUT2D eigenvalue weighted by molar-refractivity contribution is 5.94. The molecule has 1 unspecified atom stereocenters. The number of ether oxygens (including phenoxy) is 1. The van der Waals surface area contributed by atoms with E-state index in [-0.39, 0.29) is 11.9 Å². The molecule has 0 fully saturated rings. The Labute approximate surface area is 116 Å². The summed E-state index contributed by atoms with van der Waals surface area (Å²) in [5.74, 6) is 0.111. The number of amides is 1. The standard InChI is InChI=1S/C16H14FNO2/c17-12-5-3-4-11(10-12)16(19)18-14-8-9-20-15-7-2-1-6-13(14)15/h1-7,10,14H,8-9H2,(H,18,19). The fourth-order valence-corrected chi connectivity index (χ4v) is 2.36. The van der Waals surface area contributed by atoms with Crippen molar-refractivity contribution in [1.82, 2.24) is 5.32 Å². The van der Waals surface area contributed by atoms with E-state index in [4.69, 9.17) is 4.74 Å². The number of hydrogen-bond acceptors (Lipinski definition) is 2. The molecule has 0 bridgehead atoms. The molecule has 0 saturated heterocycles. The monoisotopic (exact) mass is 271 g/mol. The molecule has 0 aromatic heterocycles. The number of fused-ring (bicyclic) bond motifs is 1. The van der Waals surface area contributed by atoms with Crippen molar-refractivity contribution >= 4 is 5.91 Å². The van der Waals surface area contributed by atoms with Crippen molar-refractivity contribution in [1.29, 1.82) is 0 Å². The van der Waals surface area contributed by atoms with Crippen molar-refractivity contribution in [2.45, 2.75) is 12.5 Å². The van der Waals surface area contributed by atoms with Crippen LogP contribution in [0.2, 0.25) is 0 Å². The lowest BCUT2D eigenvalue weighted by molar-refractivity contribution is 0.0924. The van der Waals surface area contributed by atoms with Gasteiger partial charge in [-0.15, -0.1) is 0 Å². The maximum Gasteiger partial charge on any atom is 0.251 e. The van der Waals surface area contributed by atoms with Crippen LogP contribution in [0.25, 0.3) is 0 Å². The lowest BCUT2D eigenvalue weighted by Crippen LogP contribution is -2.32. The van der Waals surface area contributed by atoms with Gasteiger partial charge >= 0.3 is 0 Å². The van der Waals surface area contributed by atoms with Crippen LogP contribution in [0.3, 0.4) is 0 Å². The van der Waals surface area contributed by atoms with Gasteiger partial charge in [-0.3, -0.25) is 4.79 Å². The first kappa shape index (κ1) is 12.7. The number of hydrogen-bond donors (Lipinski definition) is 1. The quantitative estimate of drug-likeness (QED) is 0.911. The number of rotatable bonds is 2. The molecule has 2 aromatic rings. The Balaban J connectivity index is 1.81. The molecular weight excluding hydrogens is 257 g/mol. The molecule has 1 aliphatic rings. The van der Waals surface area contributed by atoms with E-state index in [9.17, 15) is 9.18 Å². The molecule has 3 nitrogen and oxygen atoms in total. The third-order valence-corrected chi connectivity index (χ3v) is 3.35. The van der Waals surface area contributed by atoms with E-state index in [1.165, 1.54) is 18.2 Å². The van der Waals surface area contributed by atoms with Gasteiger partial charge in [-0.25, -0.2) is 4.39 Å². The van der Waals surface area contributed by atoms with Gasteiger partial charge in [0.25, 0.3) is 5.91 Å². The molecule has 1 atom stereocenters. The van der Waals surface area contributed by atoms with E-state index in [1.54, 1.807) is 6.07 Å². The minimum absolute atomic E-state index is 0.101. The zero-order valence-corrected chi connectivity index (χ0v) is 10.8. The van der Waals surface area contributed by atoms with Crippen LogP contribution in [0.15, 0.2) is 48.5 Å². The average Bonchev–Trinajstić information content (AvgIpc) is 2.47. The van der Waals surface area contributed by atoms with Crippen molar-refractivity contribution in [2.75, 3.05) is 6.61 Å². The van der Waals surface area contributed by atoms with Crippen molar-refractivity contribution < 1.29 is 13.9 Å². The third kappa shape index (κ3) is 2.50. The summed E-state index contributed by atoms with van der Waals surface area (Å²) in [5.41, 5.74) is 1.29. The van der Waals surface area contributed by atoms with E-state index in [0.717, 1.165) is 11.3 Å². The molecule has 1 amide bonds. The van der Waals surface area contributed by atoms with Gasteiger partial charge in [0.1, 0.15) is 11.6 Å². The highest BCUT2D eigenvalue weighted by Gasteiger charge is 2.23. The summed E-state index contributed by atoms with van der Waals surface area (Å²) in [7, 11) is 0. The fraction of sp³-hybridized carbons (Fsp3) is 0.188. The Morgan fingerprint density at radius 2 is 2.05 bits per heavy atom. The summed E-state index contributed by atoms with van der Waals surface area (Å²) in [6, 6.07) is 13.2. The van der Waals surface area contributed by atoms with Gasteiger partial charge in [0.15, 0.2) is 0 Å². The van der Waals surface area contributed by atoms with E-state index in [0.29, 0.717) is 18.6 Å². The molecule has 1 N–H and O–H groups in total. The highest BCUT2D eigenvalue weighted by atomic mass is 19.1. The fourth-order valence-electron chi connectivity index (χ4n) is 2.36. The van der Waals surface area contributed by atoms with Crippen LogP contribution in [-0.4, -0.2) is 12.5 Å². The smallest absolute Gasteiger partial charge is 0.251 e. The van der Waals surface area contributed by atoms with Crippen LogP contribution in [0.4, 0.5) is 4.39 Å². The Hall–Kier alpha value is -2.36. The molecule has 0 radical (unpaired) electrons. The SMILES string of the molecule is O=C(NC1CCOc2ccccc21)c1cccc(F)c1. The number of benzene rings is 2. The molecule has 3 rings (SSSR count). The predicted molar refractivity (Wildman–Crippen MR) is 73.2 cm³/mol. The molecule has 0 spiro atoms. The second-order valence-corrected chi connectivity index (χ2v) is 4.71. The van der Waals surface area contributed by atoms with Gasteiger partial charge in [0.2, 0.25) is 0 Å². The lowest BCUT2D eigenvalue weighted by atomic mass is 10.00. The second kappa shape index (κ2) is 5.33. The molecule has 0 saturated carbocycles. The van der Waals surface area contributed by atoms with Crippen LogP contribution in [0, 0.1) is 5.82 Å². The van der Waals surface area contributed by atoms with Crippen molar-refractivity contribution in [2.24, 2.45) is 0 Å². The average molecular weight is 271 g/mol. The lowest BCUT2D eigenvalue weighted by Gasteiger charge is -2.26. The molecule has 0 aliphatic carbocycles. The summed E-state index contributed by atoms with van der Waals surface area (Å²) in [6.45, 7) is 0.561. The van der Waals surface area contributed by atoms with Crippen LogP contribution in [0.1, 0.15) is 28.4 Å². The van der Waals surface area contributed by atoms with Crippen LogP contribution in [-0.2, 0) is 0 Å². The van der Waals surface area contributed by atoms with Crippen molar-refractivity contribution in [3.05, 3.63) is 65.5 Å². The van der Waals surface area contributed by atoms with Crippen LogP contribution < -0.4 is 10.1 Å². The van der Waals surface area contributed by atoms with E-state index in [2.05, 4.69) is 5.32 Å². The van der Waals surface area contributed by atoms with Gasteiger partial charge in [0.05, 0.1) is 12.6 Å². The summed E-state index contributed by atoms with van der Waals surface area (Å²) in [4.78, 5) is 12.2. The topological polar surface area (TPSA) is 38.3 Å². The minimum atomic E-state index is -0.412. The van der Waals surface area contributed by atoms with Crippen LogP contribution >= 0.6 is 0 Å². The number of para-hydroxylation sites is 1. The Morgan fingerprint density at radius 1 is 1.20 bits per heavy atom. The van der Waals surface area contributed by atoms with Gasteiger partial charge in [-0.05, 0) is 24.3 Å². The second-order valence-electron chi connectivity index (χ2n) is 4.71. The normalized spacial score (nSPS) is 16.9. The largest absolute Gasteiger partial charge is 0.493 e. The maximum absolute atomic E-state index is 13.1. The molecule has 1 heterocycles. The van der Waals surface area contributed by atoms with Gasteiger partial charge in [0, 0.05) is 17.5 Å². The van der Waals surface area contributed by atoms with Gasteiger partial charge in [-0.1, -0.05) is 24.3 Å². The predicted octanol–water partition coefficient (Wildman–Crippen LogP) is 3.08. The zero-order valence-electron chi connectivity index (χ0n) is 10.8. The van der Waals surface area contributed by atoms with Gasteiger partial charge in [-0.2, -0.15) is 0 Å². The van der Waals surface area contributed by atoms with Gasteiger partial charge < -0.3 is 10.1 Å². The summed E-state index contributed by atoms with van der Waals surface area (Å²) < 4.78 is 18.7. The molecule has 2 aromatic carbocycles. The first-order valence-electron chi connectivity index (χ1n) is 6.52. The summed E-state index contributed by atoms with van der Waals surface area (Å²) in [6.07, 6.45) is 0.706. The first-order chi connectivity index (χ1) is 9.74. The van der Waals surface area contributed by atoms with Crippen LogP contribution in [0.5, 0.6) is 5.75 Å². The van der Waals surface area contributed by atoms with E-state index >= 15 is 0 Å². The minimum Gasteiger partial charge on any atom is -0.493 e. The highest BCUT2D eigenvalue weighted by Crippen LogP contribution is 2.31. The Kier molecular flexibility index (Phi) is 3.37. The number of halogens is 1. The Morgan fingerprint density at radius 3 is 2.90 bits per heavy atom. The first-order valence-corrected chi connectivity index (χ1v) is 6.52. The number of nitrogens with one attached hydrogen (secondary N) is 1.